The van der Waals surface area contributed by atoms with E-state index in [1.807, 2.05) is 0 Å². The molecule has 1 aromatic rings. The highest BCUT2D eigenvalue weighted by Gasteiger charge is 1.93. The maximum atomic E-state index is 4.26. The van der Waals surface area contributed by atoms with Gasteiger partial charge in [-0.05, 0) is 30.4 Å². The summed E-state index contributed by atoms with van der Waals surface area (Å²) in [7, 11) is 0. The second-order valence-electron chi connectivity index (χ2n) is 2.80. The summed E-state index contributed by atoms with van der Waals surface area (Å²) in [4.78, 5) is 0. The van der Waals surface area contributed by atoms with Crippen LogP contribution in [-0.4, -0.2) is 4.37 Å². The smallest absolute Gasteiger partial charge is 0.0542 e. The molecule has 1 rings (SSSR count). The van der Waals surface area contributed by atoms with Gasteiger partial charge in [0.05, 0.1) is 5.69 Å². The second-order valence-corrected chi connectivity index (χ2v) is 3.47. The third kappa shape index (κ3) is 3.51. The summed E-state index contributed by atoms with van der Waals surface area (Å²) in [5, 5.41) is 2.05. The van der Waals surface area contributed by atoms with Gasteiger partial charge in [-0.2, -0.15) is 4.37 Å². The molecule has 62 valence electrons. The van der Waals surface area contributed by atoms with Crippen molar-refractivity contribution >= 4 is 11.5 Å². The van der Waals surface area contributed by atoms with Crippen LogP contribution in [0.5, 0.6) is 0 Å². The van der Waals surface area contributed by atoms with Gasteiger partial charge >= 0.3 is 0 Å². The molecule has 0 aliphatic rings. The number of rotatable bonds is 5. The molecule has 0 radical (unpaired) electrons. The van der Waals surface area contributed by atoms with Gasteiger partial charge in [0.25, 0.3) is 0 Å². The zero-order valence-electron chi connectivity index (χ0n) is 7.05. The lowest BCUT2D eigenvalue weighted by atomic mass is 10.1. The number of unbranched alkanes of at least 4 members (excludes halogenated alkanes) is 3. The van der Waals surface area contributed by atoms with Crippen LogP contribution >= 0.6 is 11.5 Å². The Bertz CT molecular complexity index is 170. The lowest BCUT2D eigenvalue weighted by Crippen LogP contribution is -1.84. The Morgan fingerprint density at radius 2 is 2.27 bits per heavy atom. The number of aromatic nitrogens is 1. The van der Waals surface area contributed by atoms with E-state index in [1.165, 1.54) is 37.8 Å². The fourth-order valence-electron chi connectivity index (χ4n) is 1.10. The predicted molar refractivity (Wildman–Crippen MR) is 50.0 cm³/mol. The highest BCUT2D eigenvalue weighted by molar-refractivity contribution is 7.03. The maximum absolute atomic E-state index is 4.26. The molecule has 0 aliphatic carbocycles. The molecule has 0 saturated carbocycles. The van der Waals surface area contributed by atoms with E-state index in [9.17, 15) is 0 Å². The number of aryl methyl sites for hydroxylation is 1. The molecule has 0 N–H and O–H groups in total. The SMILES string of the molecule is CCCCCCc1ccsn1. The van der Waals surface area contributed by atoms with E-state index in [1.54, 1.807) is 11.5 Å². The molecular formula is C9H15NS. The Morgan fingerprint density at radius 1 is 1.36 bits per heavy atom. The van der Waals surface area contributed by atoms with Crippen molar-refractivity contribution in [1.82, 2.24) is 4.37 Å². The topological polar surface area (TPSA) is 12.9 Å². The number of nitrogens with zero attached hydrogens (tertiary/aromatic N) is 1. The van der Waals surface area contributed by atoms with Crippen LogP contribution in [0.25, 0.3) is 0 Å². The molecular weight excluding hydrogens is 154 g/mol. The summed E-state index contributed by atoms with van der Waals surface area (Å²) in [6.07, 6.45) is 6.51. The molecule has 0 fully saturated rings. The van der Waals surface area contributed by atoms with Crippen molar-refractivity contribution in [2.75, 3.05) is 0 Å². The van der Waals surface area contributed by atoms with Crippen LogP contribution in [0.2, 0.25) is 0 Å². The average molecular weight is 169 g/mol. The Balaban J connectivity index is 2.04. The van der Waals surface area contributed by atoms with Crippen LogP contribution in [0.4, 0.5) is 0 Å². The first-order valence-corrected chi connectivity index (χ1v) is 5.16. The molecule has 1 nitrogen and oxygen atoms in total. The summed E-state index contributed by atoms with van der Waals surface area (Å²) >= 11 is 1.55. The average Bonchev–Trinajstić information content (AvgIpc) is 2.50. The van der Waals surface area contributed by atoms with Crippen molar-refractivity contribution in [1.29, 1.82) is 0 Å². The van der Waals surface area contributed by atoms with Gasteiger partial charge in [-0.25, -0.2) is 0 Å². The Morgan fingerprint density at radius 3 is 2.91 bits per heavy atom. The van der Waals surface area contributed by atoms with Gasteiger partial charge < -0.3 is 0 Å². The molecule has 11 heavy (non-hydrogen) atoms. The molecule has 1 heterocycles. The minimum Gasteiger partial charge on any atom is -0.198 e. The predicted octanol–water partition coefficient (Wildman–Crippen LogP) is 3.27. The van der Waals surface area contributed by atoms with Gasteiger partial charge in [0.2, 0.25) is 0 Å². The molecule has 0 unspecified atom stereocenters. The maximum Gasteiger partial charge on any atom is 0.0542 e. The van der Waals surface area contributed by atoms with Crippen LogP contribution in [-0.2, 0) is 6.42 Å². The Kier molecular flexibility index (Phi) is 4.21. The fraction of sp³-hybridized carbons (Fsp3) is 0.667. The van der Waals surface area contributed by atoms with E-state index < -0.39 is 0 Å². The second kappa shape index (κ2) is 5.30. The zero-order valence-corrected chi connectivity index (χ0v) is 7.86. The van der Waals surface area contributed by atoms with Crippen molar-refractivity contribution in [2.45, 2.75) is 39.0 Å². The molecule has 0 saturated heterocycles. The third-order valence-corrected chi connectivity index (χ3v) is 2.38. The van der Waals surface area contributed by atoms with E-state index in [-0.39, 0.29) is 0 Å². The summed E-state index contributed by atoms with van der Waals surface area (Å²) in [5.74, 6) is 0. The minimum atomic E-state index is 1.17. The zero-order chi connectivity index (χ0) is 7.94. The lowest BCUT2D eigenvalue weighted by molar-refractivity contribution is 0.663. The normalized spacial score (nSPS) is 10.3. The molecule has 0 bridgehead atoms. The van der Waals surface area contributed by atoms with Gasteiger partial charge in [0, 0.05) is 5.38 Å². The van der Waals surface area contributed by atoms with Gasteiger partial charge in [0.15, 0.2) is 0 Å². The van der Waals surface area contributed by atoms with Crippen molar-refractivity contribution in [3.63, 3.8) is 0 Å². The first kappa shape index (κ1) is 8.72. The Hall–Kier alpha value is -0.370. The minimum absolute atomic E-state index is 1.17. The van der Waals surface area contributed by atoms with Crippen LogP contribution in [0.1, 0.15) is 38.3 Å². The highest BCUT2D eigenvalue weighted by Crippen LogP contribution is 2.07. The third-order valence-electron chi connectivity index (χ3n) is 1.78. The highest BCUT2D eigenvalue weighted by atomic mass is 32.1. The molecule has 0 aromatic carbocycles. The van der Waals surface area contributed by atoms with E-state index in [0.717, 1.165) is 0 Å². The van der Waals surface area contributed by atoms with Crippen molar-refractivity contribution in [3.8, 4) is 0 Å². The van der Waals surface area contributed by atoms with E-state index in [0.29, 0.717) is 0 Å². The first-order chi connectivity index (χ1) is 5.43. The summed E-state index contributed by atoms with van der Waals surface area (Å²) < 4.78 is 4.26. The number of hydrogen-bond acceptors (Lipinski definition) is 2. The van der Waals surface area contributed by atoms with Gasteiger partial charge in [0.1, 0.15) is 0 Å². The summed E-state index contributed by atoms with van der Waals surface area (Å²) in [5.41, 5.74) is 1.27. The molecule has 1 aromatic heterocycles. The molecule has 0 amide bonds. The molecule has 2 heteroatoms. The summed E-state index contributed by atoms with van der Waals surface area (Å²) in [6, 6.07) is 2.12. The lowest BCUT2D eigenvalue weighted by Gasteiger charge is -1.95. The van der Waals surface area contributed by atoms with Gasteiger partial charge in [-0.3, -0.25) is 0 Å². The quantitative estimate of drug-likeness (QED) is 0.616. The largest absolute Gasteiger partial charge is 0.198 e. The van der Waals surface area contributed by atoms with E-state index in [4.69, 9.17) is 0 Å². The summed E-state index contributed by atoms with van der Waals surface area (Å²) in [6.45, 7) is 2.24. The first-order valence-electron chi connectivity index (χ1n) is 4.32. The molecule has 0 spiro atoms. The van der Waals surface area contributed by atoms with Crippen LogP contribution in [0.15, 0.2) is 11.4 Å². The fourth-order valence-corrected chi connectivity index (χ4v) is 1.67. The number of hydrogen-bond donors (Lipinski definition) is 0. The monoisotopic (exact) mass is 169 g/mol. The van der Waals surface area contributed by atoms with Crippen molar-refractivity contribution < 1.29 is 0 Å². The van der Waals surface area contributed by atoms with E-state index in [2.05, 4.69) is 22.7 Å². The molecule has 0 aliphatic heterocycles. The van der Waals surface area contributed by atoms with Crippen molar-refractivity contribution in [3.05, 3.63) is 17.1 Å². The van der Waals surface area contributed by atoms with Crippen molar-refractivity contribution in [2.24, 2.45) is 0 Å². The van der Waals surface area contributed by atoms with Crippen LogP contribution in [0.3, 0.4) is 0 Å². The standard InChI is InChI=1S/C9H15NS/c1-2-3-4-5-6-9-7-8-11-10-9/h7-8H,2-6H2,1H3. The Labute approximate surface area is 72.6 Å². The molecule has 0 atom stereocenters. The van der Waals surface area contributed by atoms with Crippen LogP contribution < -0.4 is 0 Å². The van der Waals surface area contributed by atoms with Gasteiger partial charge in [-0.1, -0.05) is 26.2 Å². The van der Waals surface area contributed by atoms with Gasteiger partial charge in [-0.15, -0.1) is 0 Å². The van der Waals surface area contributed by atoms with E-state index >= 15 is 0 Å². The van der Waals surface area contributed by atoms with Crippen LogP contribution in [0, 0.1) is 0 Å².